The summed E-state index contributed by atoms with van der Waals surface area (Å²) in [7, 11) is -3.53. The molecule has 0 bridgehead atoms. The van der Waals surface area contributed by atoms with E-state index in [0.29, 0.717) is 30.4 Å². The molecule has 0 aromatic heterocycles. The van der Waals surface area contributed by atoms with E-state index < -0.39 is 16.1 Å². The molecule has 2 rings (SSSR count). The Labute approximate surface area is 126 Å². The number of piperidine rings is 1. The van der Waals surface area contributed by atoms with Gasteiger partial charge >= 0.3 is 6.09 Å². The first-order valence-electron chi connectivity index (χ1n) is 6.15. The first-order chi connectivity index (χ1) is 9.41. The van der Waals surface area contributed by atoms with Crippen LogP contribution in [0.5, 0.6) is 0 Å². The monoisotopic (exact) mass is 362 g/mol. The zero-order chi connectivity index (χ0) is 14.8. The number of sulfonamides is 1. The Bertz CT molecular complexity index is 597. The Hall–Kier alpha value is -1.12. The quantitative estimate of drug-likeness (QED) is 0.859. The lowest BCUT2D eigenvalue weighted by Gasteiger charge is -2.31. The molecule has 8 heteroatoms. The maximum Gasteiger partial charge on any atom is 0.404 e. The number of carbonyl (C=O) groups is 1. The van der Waals surface area contributed by atoms with Crippen molar-refractivity contribution in [2.45, 2.75) is 23.8 Å². The summed E-state index contributed by atoms with van der Waals surface area (Å²) in [6, 6.07) is 6.49. The summed E-state index contributed by atoms with van der Waals surface area (Å²) < 4.78 is 26.9. The topological polar surface area (TPSA) is 86.7 Å². The van der Waals surface area contributed by atoms with Crippen LogP contribution in [-0.4, -0.2) is 43.1 Å². The zero-order valence-corrected chi connectivity index (χ0v) is 13.0. The SMILES string of the molecule is O=C(O)NC1CCN(S(=O)(=O)c2ccccc2Br)CC1. The third kappa shape index (κ3) is 3.31. The van der Waals surface area contributed by atoms with Crippen LogP contribution in [-0.2, 0) is 10.0 Å². The van der Waals surface area contributed by atoms with E-state index >= 15 is 0 Å². The van der Waals surface area contributed by atoms with Crippen molar-refractivity contribution in [1.82, 2.24) is 9.62 Å². The summed E-state index contributed by atoms with van der Waals surface area (Å²) in [6.45, 7) is 0.628. The number of amides is 1. The van der Waals surface area contributed by atoms with E-state index in [2.05, 4.69) is 21.2 Å². The van der Waals surface area contributed by atoms with Gasteiger partial charge in [0.1, 0.15) is 0 Å². The summed E-state index contributed by atoms with van der Waals surface area (Å²) in [6.07, 6.45) is -0.108. The number of halogens is 1. The highest BCUT2D eigenvalue weighted by Gasteiger charge is 2.30. The molecule has 0 atom stereocenters. The fourth-order valence-electron chi connectivity index (χ4n) is 2.21. The minimum absolute atomic E-state index is 0.182. The van der Waals surface area contributed by atoms with Gasteiger partial charge in [0.05, 0.1) is 4.90 Å². The standard InChI is InChI=1S/C12H15BrN2O4S/c13-10-3-1-2-4-11(10)20(18,19)15-7-5-9(6-8-15)14-12(16)17/h1-4,9,14H,5-8H2,(H,16,17). The van der Waals surface area contributed by atoms with Gasteiger partial charge in [0.15, 0.2) is 0 Å². The maximum atomic E-state index is 12.5. The largest absolute Gasteiger partial charge is 0.465 e. The van der Waals surface area contributed by atoms with Gasteiger partial charge in [0.2, 0.25) is 10.0 Å². The molecule has 110 valence electrons. The average molecular weight is 363 g/mol. The minimum Gasteiger partial charge on any atom is -0.465 e. The van der Waals surface area contributed by atoms with E-state index in [9.17, 15) is 13.2 Å². The second kappa shape index (κ2) is 6.11. The second-order valence-corrected chi connectivity index (χ2v) is 7.32. The lowest BCUT2D eigenvalue weighted by atomic mass is 10.1. The van der Waals surface area contributed by atoms with Gasteiger partial charge in [-0.05, 0) is 40.9 Å². The summed E-state index contributed by atoms with van der Waals surface area (Å²) in [5.74, 6) is 0. The number of carboxylic acid groups (broad SMARTS) is 1. The van der Waals surface area contributed by atoms with E-state index in [1.54, 1.807) is 24.3 Å². The van der Waals surface area contributed by atoms with Crippen LogP contribution in [0.15, 0.2) is 33.6 Å². The van der Waals surface area contributed by atoms with Crippen molar-refractivity contribution in [1.29, 1.82) is 0 Å². The number of nitrogens with zero attached hydrogens (tertiary/aromatic N) is 1. The molecule has 0 spiro atoms. The Morgan fingerprint density at radius 3 is 2.45 bits per heavy atom. The van der Waals surface area contributed by atoms with Crippen LogP contribution < -0.4 is 5.32 Å². The second-order valence-electron chi connectivity index (χ2n) is 4.56. The van der Waals surface area contributed by atoms with Gasteiger partial charge in [0, 0.05) is 23.6 Å². The van der Waals surface area contributed by atoms with E-state index in [-0.39, 0.29) is 10.9 Å². The molecule has 2 N–H and O–H groups in total. The Kier molecular flexibility index (Phi) is 4.66. The molecule has 0 saturated carbocycles. The summed E-state index contributed by atoms with van der Waals surface area (Å²) in [4.78, 5) is 10.8. The van der Waals surface area contributed by atoms with E-state index in [1.165, 1.54) is 4.31 Å². The van der Waals surface area contributed by atoms with Crippen LogP contribution in [0.3, 0.4) is 0 Å². The van der Waals surface area contributed by atoms with Gasteiger partial charge in [-0.1, -0.05) is 12.1 Å². The number of hydrogen-bond donors (Lipinski definition) is 2. The van der Waals surface area contributed by atoms with E-state index in [4.69, 9.17) is 5.11 Å². The van der Waals surface area contributed by atoms with Crippen LogP contribution in [0.4, 0.5) is 4.79 Å². The lowest BCUT2D eigenvalue weighted by Crippen LogP contribution is -2.46. The van der Waals surface area contributed by atoms with Gasteiger partial charge in [-0.2, -0.15) is 4.31 Å². The predicted molar refractivity (Wildman–Crippen MR) is 77.1 cm³/mol. The van der Waals surface area contributed by atoms with Gasteiger partial charge in [-0.25, -0.2) is 13.2 Å². The molecule has 1 aliphatic heterocycles. The third-order valence-corrected chi connectivity index (χ3v) is 6.15. The summed E-state index contributed by atoms with van der Waals surface area (Å²) in [5.41, 5.74) is 0. The first-order valence-corrected chi connectivity index (χ1v) is 8.38. The molecule has 1 saturated heterocycles. The fraction of sp³-hybridized carbons (Fsp3) is 0.417. The Balaban J connectivity index is 2.10. The molecule has 0 aliphatic carbocycles. The fourth-order valence-corrected chi connectivity index (χ4v) is 4.64. The zero-order valence-electron chi connectivity index (χ0n) is 10.6. The highest BCUT2D eigenvalue weighted by Crippen LogP contribution is 2.26. The van der Waals surface area contributed by atoms with Gasteiger partial charge in [-0.15, -0.1) is 0 Å². The Morgan fingerprint density at radius 2 is 1.90 bits per heavy atom. The molecular weight excluding hydrogens is 348 g/mol. The molecule has 1 aromatic rings. The van der Waals surface area contributed by atoms with Crippen LogP contribution in [0.1, 0.15) is 12.8 Å². The van der Waals surface area contributed by atoms with Crippen LogP contribution in [0.2, 0.25) is 0 Å². The van der Waals surface area contributed by atoms with Gasteiger partial charge in [-0.3, -0.25) is 0 Å². The number of hydrogen-bond acceptors (Lipinski definition) is 3. The predicted octanol–water partition coefficient (Wildman–Crippen LogP) is 1.87. The highest BCUT2D eigenvalue weighted by molar-refractivity contribution is 9.10. The molecular formula is C12H15BrN2O4S. The molecule has 1 amide bonds. The highest BCUT2D eigenvalue weighted by atomic mass is 79.9. The average Bonchev–Trinajstić information content (AvgIpc) is 2.39. The van der Waals surface area contributed by atoms with Gasteiger partial charge in [0.25, 0.3) is 0 Å². The molecule has 1 fully saturated rings. The number of nitrogens with one attached hydrogen (secondary N) is 1. The lowest BCUT2D eigenvalue weighted by molar-refractivity contribution is 0.183. The number of rotatable bonds is 3. The van der Waals surface area contributed by atoms with Crippen molar-refractivity contribution in [3.63, 3.8) is 0 Å². The van der Waals surface area contributed by atoms with Crippen molar-refractivity contribution < 1.29 is 18.3 Å². The minimum atomic E-state index is -3.53. The first kappa shape index (κ1) is 15.3. The van der Waals surface area contributed by atoms with Crippen LogP contribution in [0, 0.1) is 0 Å². The smallest absolute Gasteiger partial charge is 0.404 e. The normalized spacial score (nSPS) is 17.9. The molecule has 6 nitrogen and oxygen atoms in total. The third-order valence-electron chi connectivity index (χ3n) is 3.24. The van der Waals surface area contributed by atoms with Crippen molar-refractivity contribution in [2.24, 2.45) is 0 Å². The van der Waals surface area contributed by atoms with E-state index in [1.807, 2.05) is 0 Å². The maximum absolute atomic E-state index is 12.5. The summed E-state index contributed by atoms with van der Waals surface area (Å²) >= 11 is 3.25. The van der Waals surface area contributed by atoms with Gasteiger partial charge < -0.3 is 10.4 Å². The molecule has 1 heterocycles. The van der Waals surface area contributed by atoms with Crippen molar-refractivity contribution >= 4 is 32.0 Å². The Morgan fingerprint density at radius 1 is 1.30 bits per heavy atom. The number of benzene rings is 1. The van der Waals surface area contributed by atoms with Crippen molar-refractivity contribution in [3.05, 3.63) is 28.7 Å². The molecule has 0 unspecified atom stereocenters. The van der Waals surface area contributed by atoms with Crippen molar-refractivity contribution in [2.75, 3.05) is 13.1 Å². The van der Waals surface area contributed by atoms with E-state index in [0.717, 1.165) is 0 Å². The molecule has 1 aromatic carbocycles. The molecule has 0 radical (unpaired) electrons. The van der Waals surface area contributed by atoms with Crippen LogP contribution in [0.25, 0.3) is 0 Å². The van der Waals surface area contributed by atoms with Crippen LogP contribution >= 0.6 is 15.9 Å². The van der Waals surface area contributed by atoms with Crippen molar-refractivity contribution in [3.8, 4) is 0 Å². The molecule has 1 aliphatic rings. The molecule has 20 heavy (non-hydrogen) atoms. The summed E-state index contributed by atoms with van der Waals surface area (Å²) in [5, 5.41) is 11.0.